The molecule has 0 unspecified atom stereocenters. The average molecular weight is 328 g/mol. The molecule has 2 aromatic heterocycles. The van der Waals surface area contributed by atoms with Crippen molar-refractivity contribution in [1.29, 1.82) is 0 Å². The molecule has 3 rings (SSSR count). The molecule has 128 valence electrons. The van der Waals surface area contributed by atoms with Crippen LogP contribution in [0.25, 0.3) is 0 Å². The Morgan fingerprint density at radius 2 is 2.04 bits per heavy atom. The fourth-order valence-corrected chi connectivity index (χ4v) is 3.51. The normalized spacial score (nSPS) is 20.5. The number of likely N-dealkylation sites (tertiary alicyclic amines) is 1. The lowest BCUT2D eigenvalue weighted by atomic mass is 9.90. The highest BCUT2D eigenvalue weighted by Gasteiger charge is 2.36. The summed E-state index contributed by atoms with van der Waals surface area (Å²) in [5.41, 5.74) is 3.17. The van der Waals surface area contributed by atoms with Gasteiger partial charge in [0.25, 0.3) is 0 Å². The summed E-state index contributed by atoms with van der Waals surface area (Å²) >= 11 is 0. The maximum Gasteiger partial charge on any atom is 0.244 e. The van der Waals surface area contributed by atoms with E-state index in [2.05, 4.69) is 10.1 Å². The molecule has 1 amide bonds. The number of pyridine rings is 1. The molecule has 6 nitrogen and oxygen atoms in total. The SMILES string of the molecule is COC[C@@H]1CN(C(=O)Cn2nc(C)cc2C)C[C@H]1c1ccncc1. The zero-order valence-corrected chi connectivity index (χ0v) is 14.5. The zero-order chi connectivity index (χ0) is 17.1. The van der Waals surface area contributed by atoms with Crippen LogP contribution in [0.4, 0.5) is 0 Å². The van der Waals surface area contributed by atoms with Crippen LogP contribution in [0.2, 0.25) is 0 Å². The summed E-state index contributed by atoms with van der Waals surface area (Å²) < 4.78 is 7.16. The number of carbonyl (C=O) groups excluding carboxylic acids is 1. The smallest absolute Gasteiger partial charge is 0.244 e. The van der Waals surface area contributed by atoms with Gasteiger partial charge in [-0.05, 0) is 37.6 Å². The summed E-state index contributed by atoms with van der Waals surface area (Å²) in [7, 11) is 1.71. The van der Waals surface area contributed by atoms with Crippen LogP contribution in [-0.4, -0.2) is 52.4 Å². The van der Waals surface area contributed by atoms with E-state index in [-0.39, 0.29) is 11.8 Å². The Hall–Kier alpha value is -2.21. The summed E-state index contributed by atoms with van der Waals surface area (Å²) in [6, 6.07) is 6.05. The first-order chi connectivity index (χ1) is 11.6. The van der Waals surface area contributed by atoms with Gasteiger partial charge < -0.3 is 9.64 Å². The van der Waals surface area contributed by atoms with Crippen LogP contribution in [0.3, 0.4) is 0 Å². The number of nitrogens with zero attached hydrogens (tertiary/aromatic N) is 4. The Morgan fingerprint density at radius 3 is 2.67 bits per heavy atom. The molecule has 3 heterocycles. The minimum atomic E-state index is 0.110. The van der Waals surface area contributed by atoms with Crippen molar-refractivity contribution in [2.24, 2.45) is 5.92 Å². The van der Waals surface area contributed by atoms with Gasteiger partial charge >= 0.3 is 0 Å². The van der Waals surface area contributed by atoms with E-state index >= 15 is 0 Å². The number of ether oxygens (including phenoxy) is 1. The number of hydrogen-bond acceptors (Lipinski definition) is 4. The van der Waals surface area contributed by atoms with Crippen molar-refractivity contribution >= 4 is 5.91 Å². The highest BCUT2D eigenvalue weighted by molar-refractivity contribution is 5.76. The molecule has 1 aliphatic heterocycles. The monoisotopic (exact) mass is 328 g/mol. The van der Waals surface area contributed by atoms with Gasteiger partial charge in [0.2, 0.25) is 5.91 Å². The number of methoxy groups -OCH3 is 1. The number of aromatic nitrogens is 3. The van der Waals surface area contributed by atoms with E-state index < -0.39 is 0 Å². The van der Waals surface area contributed by atoms with Gasteiger partial charge in [0.1, 0.15) is 6.54 Å². The first-order valence-electron chi connectivity index (χ1n) is 8.26. The van der Waals surface area contributed by atoms with Crippen molar-refractivity contribution in [2.75, 3.05) is 26.8 Å². The molecule has 6 heteroatoms. The first kappa shape index (κ1) is 16.6. The molecule has 0 radical (unpaired) electrons. The topological polar surface area (TPSA) is 60.2 Å². The number of hydrogen-bond donors (Lipinski definition) is 0. The second-order valence-electron chi connectivity index (χ2n) is 6.49. The van der Waals surface area contributed by atoms with E-state index in [1.54, 1.807) is 24.2 Å². The van der Waals surface area contributed by atoms with Crippen LogP contribution in [0.15, 0.2) is 30.6 Å². The van der Waals surface area contributed by atoms with E-state index in [1.807, 2.05) is 36.9 Å². The standard InChI is InChI=1S/C18H24N4O2/c1-13-8-14(2)22(20-13)11-18(23)21-9-16(12-24-3)17(10-21)15-4-6-19-7-5-15/h4-8,16-17H,9-12H2,1-3H3/t16-,17-/m0/s1. The fraction of sp³-hybridized carbons (Fsp3) is 0.500. The molecular weight excluding hydrogens is 304 g/mol. The van der Waals surface area contributed by atoms with Gasteiger partial charge in [0.05, 0.1) is 12.3 Å². The molecule has 1 aliphatic rings. The van der Waals surface area contributed by atoms with E-state index in [0.717, 1.165) is 24.5 Å². The third kappa shape index (κ3) is 3.48. The molecule has 2 aromatic rings. The summed E-state index contributed by atoms with van der Waals surface area (Å²) in [4.78, 5) is 18.7. The lowest BCUT2D eigenvalue weighted by Crippen LogP contribution is -2.33. The second-order valence-corrected chi connectivity index (χ2v) is 6.49. The predicted molar refractivity (Wildman–Crippen MR) is 90.6 cm³/mol. The molecule has 1 saturated heterocycles. The van der Waals surface area contributed by atoms with Gasteiger partial charge in [-0.25, -0.2) is 0 Å². The van der Waals surface area contributed by atoms with Crippen molar-refractivity contribution in [2.45, 2.75) is 26.3 Å². The van der Waals surface area contributed by atoms with Crippen LogP contribution in [0.1, 0.15) is 22.9 Å². The summed E-state index contributed by atoms with van der Waals surface area (Å²) in [5.74, 6) is 0.706. The lowest BCUT2D eigenvalue weighted by Gasteiger charge is -2.17. The summed E-state index contributed by atoms with van der Waals surface area (Å²) in [6.45, 7) is 6.30. The molecule has 0 N–H and O–H groups in total. The molecule has 24 heavy (non-hydrogen) atoms. The molecule has 0 saturated carbocycles. The van der Waals surface area contributed by atoms with Crippen LogP contribution in [-0.2, 0) is 16.1 Å². The average Bonchev–Trinajstić information content (AvgIpc) is 3.12. The highest BCUT2D eigenvalue weighted by Crippen LogP contribution is 2.32. The predicted octanol–water partition coefficient (Wildman–Crippen LogP) is 1.78. The van der Waals surface area contributed by atoms with Gasteiger partial charge in [-0.2, -0.15) is 5.10 Å². The highest BCUT2D eigenvalue weighted by atomic mass is 16.5. The van der Waals surface area contributed by atoms with Crippen molar-refractivity contribution in [3.63, 3.8) is 0 Å². The second kappa shape index (κ2) is 7.13. The Balaban J connectivity index is 1.72. The van der Waals surface area contributed by atoms with Gasteiger partial charge in [0, 0.05) is 50.1 Å². The molecule has 0 aromatic carbocycles. The number of carbonyl (C=O) groups is 1. The van der Waals surface area contributed by atoms with Crippen molar-refractivity contribution in [3.8, 4) is 0 Å². The maximum absolute atomic E-state index is 12.7. The molecule has 2 atom stereocenters. The Labute approximate surface area is 142 Å². The quantitative estimate of drug-likeness (QED) is 0.839. The Morgan fingerprint density at radius 1 is 1.29 bits per heavy atom. The summed E-state index contributed by atoms with van der Waals surface area (Å²) in [6.07, 6.45) is 3.61. The van der Waals surface area contributed by atoms with E-state index in [9.17, 15) is 4.79 Å². The number of rotatable bonds is 5. The van der Waals surface area contributed by atoms with Gasteiger partial charge in [-0.15, -0.1) is 0 Å². The third-order valence-electron chi connectivity index (χ3n) is 4.70. The van der Waals surface area contributed by atoms with Gasteiger partial charge in [-0.3, -0.25) is 14.5 Å². The van der Waals surface area contributed by atoms with Crippen LogP contribution < -0.4 is 0 Å². The molecular formula is C18H24N4O2. The van der Waals surface area contributed by atoms with E-state index in [0.29, 0.717) is 19.1 Å². The first-order valence-corrected chi connectivity index (χ1v) is 8.26. The number of amides is 1. The Bertz CT molecular complexity index is 698. The Kier molecular flexibility index (Phi) is 4.94. The third-order valence-corrected chi connectivity index (χ3v) is 4.70. The van der Waals surface area contributed by atoms with Crippen LogP contribution in [0.5, 0.6) is 0 Å². The lowest BCUT2D eigenvalue weighted by molar-refractivity contribution is -0.131. The number of aryl methyl sites for hydroxylation is 2. The summed E-state index contributed by atoms with van der Waals surface area (Å²) in [5, 5.41) is 4.39. The van der Waals surface area contributed by atoms with Crippen molar-refractivity contribution < 1.29 is 9.53 Å². The van der Waals surface area contributed by atoms with E-state index in [1.165, 1.54) is 5.56 Å². The minimum Gasteiger partial charge on any atom is -0.384 e. The fourth-order valence-electron chi connectivity index (χ4n) is 3.51. The van der Waals surface area contributed by atoms with Crippen LogP contribution in [0, 0.1) is 19.8 Å². The zero-order valence-electron chi connectivity index (χ0n) is 14.5. The van der Waals surface area contributed by atoms with Crippen molar-refractivity contribution in [1.82, 2.24) is 19.7 Å². The van der Waals surface area contributed by atoms with E-state index in [4.69, 9.17) is 4.74 Å². The minimum absolute atomic E-state index is 0.110. The molecule has 0 spiro atoms. The van der Waals surface area contributed by atoms with Gasteiger partial charge in [-0.1, -0.05) is 0 Å². The molecule has 0 aliphatic carbocycles. The van der Waals surface area contributed by atoms with Crippen LogP contribution >= 0.6 is 0 Å². The largest absolute Gasteiger partial charge is 0.384 e. The van der Waals surface area contributed by atoms with Gasteiger partial charge in [0.15, 0.2) is 0 Å². The maximum atomic E-state index is 12.7. The molecule has 1 fully saturated rings. The van der Waals surface area contributed by atoms with Crippen molar-refractivity contribution in [3.05, 3.63) is 47.5 Å². The molecule has 0 bridgehead atoms.